The summed E-state index contributed by atoms with van der Waals surface area (Å²) in [6.45, 7) is 0.703. The summed E-state index contributed by atoms with van der Waals surface area (Å²) in [7, 11) is 1.63. The first kappa shape index (κ1) is 19.6. The molecule has 1 fully saturated rings. The van der Waals surface area contributed by atoms with Crippen molar-refractivity contribution in [1.29, 1.82) is 0 Å². The molecule has 1 N–H and O–H groups in total. The summed E-state index contributed by atoms with van der Waals surface area (Å²) < 4.78 is 7.16. The van der Waals surface area contributed by atoms with Crippen LogP contribution in [0.4, 0.5) is 0 Å². The number of ether oxygens (including phenoxy) is 1. The zero-order valence-electron chi connectivity index (χ0n) is 16.5. The maximum atomic E-state index is 12.8. The van der Waals surface area contributed by atoms with Gasteiger partial charge in [0.15, 0.2) is 0 Å². The molecule has 0 bridgehead atoms. The van der Waals surface area contributed by atoms with Crippen molar-refractivity contribution in [3.05, 3.63) is 47.0 Å². The molecule has 0 saturated heterocycles. The summed E-state index contributed by atoms with van der Waals surface area (Å²) in [5.41, 5.74) is 1.49. The van der Waals surface area contributed by atoms with Gasteiger partial charge in [-0.05, 0) is 54.7 Å². The summed E-state index contributed by atoms with van der Waals surface area (Å²) in [5, 5.41) is 2.98. The molecule has 7 heteroatoms. The van der Waals surface area contributed by atoms with Crippen molar-refractivity contribution in [3.8, 4) is 16.2 Å². The quantitative estimate of drug-likeness (QED) is 0.669. The van der Waals surface area contributed by atoms with Gasteiger partial charge in [0.25, 0.3) is 5.56 Å². The van der Waals surface area contributed by atoms with Crippen molar-refractivity contribution in [1.82, 2.24) is 14.9 Å². The molecule has 2 aromatic heterocycles. The fourth-order valence-electron chi connectivity index (χ4n) is 3.82. The van der Waals surface area contributed by atoms with Gasteiger partial charge in [-0.2, -0.15) is 0 Å². The molecule has 0 radical (unpaired) electrons. The van der Waals surface area contributed by atoms with Crippen LogP contribution in [0.5, 0.6) is 5.75 Å². The van der Waals surface area contributed by atoms with Crippen molar-refractivity contribution < 1.29 is 9.53 Å². The Hall–Kier alpha value is -2.67. The second kappa shape index (κ2) is 8.78. The van der Waals surface area contributed by atoms with Gasteiger partial charge in [-0.1, -0.05) is 19.3 Å². The Bertz CT molecular complexity index is 1050. The number of carbonyl (C=O) groups is 1. The lowest BCUT2D eigenvalue weighted by molar-refractivity contribution is -0.121. The molecule has 1 saturated carbocycles. The third-order valence-corrected chi connectivity index (χ3v) is 6.67. The minimum Gasteiger partial charge on any atom is -0.497 e. The molecule has 29 heavy (non-hydrogen) atoms. The predicted molar refractivity (Wildman–Crippen MR) is 115 cm³/mol. The number of amides is 1. The Morgan fingerprint density at radius 3 is 2.72 bits per heavy atom. The number of hydrogen-bond donors (Lipinski definition) is 1. The lowest BCUT2D eigenvalue weighted by atomic mass is 9.89. The average Bonchev–Trinajstić information content (AvgIpc) is 3.20. The van der Waals surface area contributed by atoms with Crippen LogP contribution in [0.2, 0.25) is 0 Å². The van der Waals surface area contributed by atoms with Crippen LogP contribution >= 0.6 is 11.3 Å². The highest BCUT2D eigenvalue weighted by molar-refractivity contribution is 7.22. The van der Waals surface area contributed by atoms with Crippen molar-refractivity contribution >= 4 is 27.5 Å². The zero-order valence-corrected chi connectivity index (χ0v) is 17.3. The van der Waals surface area contributed by atoms with Gasteiger partial charge in [-0.3, -0.25) is 14.2 Å². The Morgan fingerprint density at radius 1 is 1.24 bits per heavy atom. The SMILES string of the molecule is COc1ccc(-c2cc3ncn(CC(=O)NCC4CCCCC4)c(=O)c3s2)cc1. The lowest BCUT2D eigenvalue weighted by Gasteiger charge is -2.21. The average molecular weight is 412 g/mol. The van der Waals surface area contributed by atoms with Crippen molar-refractivity contribution in [2.45, 2.75) is 38.6 Å². The standard InChI is InChI=1S/C22H25N3O3S/c1-28-17-9-7-16(8-10-17)19-11-18-21(29-19)22(27)25(14-24-18)13-20(26)23-12-15-5-3-2-4-6-15/h7-11,14-15H,2-6,12-13H2,1H3,(H,23,26). The van der Waals surface area contributed by atoms with E-state index >= 15 is 0 Å². The molecular formula is C22H25N3O3S. The molecular weight excluding hydrogens is 386 g/mol. The molecule has 6 nitrogen and oxygen atoms in total. The van der Waals surface area contributed by atoms with E-state index in [4.69, 9.17) is 4.74 Å². The number of hydrogen-bond acceptors (Lipinski definition) is 5. The summed E-state index contributed by atoms with van der Waals surface area (Å²) in [6, 6.07) is 9.61. The highest BCUT2D eigenvalue weighted by atomic mass is 32.1. The minimum absolute atomic E-state index is 0.00423. The fourth-order valence-corrected chi connectivity index (χ4v) is 4.88. The van der Waals surface area contributed by atoms with Gasteiger partial charge in [0.1, 0.15) is 17.0 Å². The van der Waals surface area contributed by atoms with Crippen molar-refractivity contribution in [2.24, 2.45) is 5.92 Å². The van der Waals surface area contributed by atoms with Gasteiger partial charge in [0, 0.05) is 11.4 Å². The summed E-state index contributed by atoms with van der Waals surface area (Å²) in [4.78, 5) is 30.5. The van der Waals surface area contributed by atoms with Gasteiger partial charge in [0.2, 0.25) is 5.91 Å². The first-order chi connectivity index (χ1) is 14.1. The zero-order chi connectivity index (χ0) is 20.2. The van der Waals surface area contributed by atoms with Gasteiger partial charge in [0.05, 0.1) is 19.0 Å². The molecule has 152 valence electrons. The lowest BCUT2D eigenvalue weighted by Crippen LogP contribution is -2.35. The molecule has 0 spiro atoms. The van der Waals surface area contributed by atoms with Crippen LogP contribution in [0.3, 0.4) is 0 Å². The molecule has 3 aromatic rings. The first-order valence-electron chi connectivity index (χ1n) is 10.0. The van der Waals surface area contributed by atoms with Crippen LogP contribution < -0.4 is 15.6 Å². The van der Waals surface area contributed by atoms with Gasteiger partial charge >= 0.3 is 0 Å². The number of thiophene rings is 1. The number of nitrogens with one attached hydrogen (secondary N) is 1. The van der Waals surface area contributed by atoms with Crippen molar-refractivity contribution in [2.75, 3.05) is 13.7 Å². The van der Waals surface area contributed by atoms with E-state index in [1.807, 2.05) is 30.3 Å². The maximum absolute atomic E-state index is 12.8. The monoisotopic (exact) mass is 411 g/mol. The van der Waals surface area contributed by atoms with Gasteiger partial charge in [-0.25, -0.2) is 4.98 Å². The molecule has 0 unspecified atom stereocenters. The molecule has 1 aliphatic rings. The van der Waals surface area contributed by atoms with E-state index in [0.717, 1.165) is 16.2 Å². The Kier molecular flexibility index (Phi) is 5.94. The van der Waals surface area contributed by atoms with E-state index < -0.39 is 0 Å². The number of fused-ring (bicyclic) bond motifs is 1. The van der Waals surface area contributed by atoms with E-state index in [2.05, 4.69) is 10.3 Å². The molecule has 1 amide bonds. The molecule has 4 rings (SSSR count). The van der Waals surface area contributed by atoms with Crippen LogP contribution in [-0.2, 0) is 11.3 Å². The fraction of sp³-hybridized carbons (Fsp3) is 0.409. The highest BCUT2D eigenvalue weighted by Gasteiger charge is 2.16. The van der Waals surface area contributed by atoms with Crippen LogP contribution in [0, 0.1) is 5.92 Å². The van der Waals surface area contributed by atoms with Crippen LogP contribution in [-0.4, -0.2) is 29.1 Å². The molecule has 2 heterocycles. The third kappa shape index (κ3) is 4.50. The second-order valence-corrected chi connectivity index (χ2v) is 8.59. The summed E-state index contributed by atoms with van der Waals surface area (Å²) in [6.07, 6.45) is 7.61. The van der Waals surface area contributed by atoms with Crippen LogP contribution in [0.1, 0.15) is 32.1 Å². The van der Waals surface area contributed by atoms with Gasteiger partial charge in [-0.15, -0.1) is 11.3 Å². The smallest absolute Gasteiger partial charge is 0.271 e. The molecule has 1 aliphatic carbocycles. The highest BCUT2D eigenvalue weighted by Crippen LogP contribution is 2.31. The Labute approximate surface area is 173 Å². The first-order valence-corrected chi connectivity index (χ1v) is 10.9. The number of carbonyl (C=O) groups excluding carboxylic acids is 1. The molecule has 0 atom stereocenters. The van der Waals surface area contributed by atoms with E-state index in [9.17, 15) is 9.59 Å². The normalized spacial score (nSPS) is 14.8. The number of methoxy groups -OCH3 is 1. The van der Waals surface area contributed by atoms with E-state index in [0.29, 0.717) is 22.7 Å². The number of aromatic nitrogens is 2. The largest absolute Gasteiger partial charge is 0.497 e. The number of rotatable bonds is 6. The second-order valence-electron chi connectivity index (χ2n) is 7.54. The Morgan fingerprint density at radius 2 is 2.00 bits per heavy atom. The van der Waals surface area contributed by atoms with Gasteiger partial charge < -0.3 is 10.1 Å². The van der Waals surface area contributed by atoms with Crippen molar-refractivity contribution in [3.63, 3.8) is 0 Å². The molecule has 1 aromatic carbocycles. The minimum atomic E-state index is -0.174. The third-order valence-electron chi connectivity index (χ3n) is 5.50. The topological polar surface area (TPSA) is 73.2 Å². The predicted octanol–water partition coefficient (Wildman–Crippen LogP) is 3.83. The van der Waals surface area contributed by atoms with E-state index in [1.165, 1.54) is 54.3 Å². The van der Waals surface area contributed by atoms with E-state index in [-0.39, 0.29) is 18.0 Å². The van der Waals surface area contributed by atoms with Crippen LogP contribution in [0.25, 0.3) is 20.7 Å². The summed E-state index contributed by atoms with van der Waals surface area (Å²) in [5.74, 6) is 1.22. The Balaban J connectivity index is 1.48. The number of benzene rings is 1. The number of nitrogens with zero attached hydrogens (tertiary/aromatic N) is 2. The summed E-state index contributed by atoms with van der Waals surface area (Å²) >= 11 is 1.40. The maximum Gasteiger partial charge on any atom is 0.271 e. The van der Waals surface area contributed by atoms with E-state index in [1.54, 1.807) is 7.11 Å². The molecule has 0 aliphatic heterocycles. The van der Waals surface area contributed by atoms with Crippen LogP contribution in [0.15, 0.2) is 41.5 Å².